The SMILES string of the molecule is CN1CCC(O)(c2cc(-c3cccc(-c4ccnc(Nc5nn(C)c6nccnc56)n4)c3)no2)C1=O. The standard InChI is InChI=1S/C24H21N9O3/c1-32-11-7-24(35,22(32)34)18-13-17(31-36-18)15-5-3-4-14(12-15)16-6-8-27-23(28-16)29-20-19-21(33(2)30-20)26-10-9-25-19/h3-6,8-10,12-13,35H,7,11H2,1-2H3,(H,27,28,29,30). The minimum Gasteiger partial charge on any atom is -0.373 e. The molecule has 1 aliphatic rings. The molecule has 1 aromatic carbocycles. The molecule has 0 bridgehead atoms. The summed E-state index contributed by atoms with van der Waals surface area (Å²) in [5, 5.41) is 22.5. The fourth-order valence-electron chi connectivity index (χ4n) is 4.28. The molecule has 5 heterocycles. The van der Waals surface area contributed by atoms with Crippen molar-refractivity contribution in [3.05, 3.63) is 60.7 Å². The molecular weight excluding hydrogens is 462 g/mol. The predicted molar refractivity (Wildman–Crippen MR) is 129 cm³/mol. The summed E-state index contributed by atoms with van der Waals surface area (Å²) in [6.45, 7) is 0.450. The van der Waals surface area contributed by atoms with E-state index in [0.29, 0.717) is 40.9 Å². The van der Waals surface area contributed by atoms with Crippen molar-refractivity contribution in [3.63, 3.8) is 0 Å². The van der Waals surface area contributed by atoms with E-state index in [9.17, 15) is 9.90 Å². The number of aromatic nitrogens is 7. The van der Waals surface area contributed by atoms with E-state index in [-0.39, 0.29) is 12.2 Å². The molecule has 0 spiro atoms. The van der Waals surface area contributed by atoms with Crippen LogP contribution in [0.25, 0.3) is 33.7 Å². The summed E-state index contributed by atoms with van der Waals surface area (Å²) in [6.07, 6.45) is 5.12. The Kier molecular flexibility index (Phi) is 4.97. The second kappa shape index (κ2) is 8.20. The molecule has 1 aliphatic heterocycles. The summed E-state index contributed by atoms with van der Waals surface area (Å²) in [6, 6.07) is 11.0. The monoisotopic (exact) mass is 483 g/mol. The lowest BCUT2D eigenvalue weighted by molar-refractivity contribution is -0.144. The molecule has 1 saturated heterocycles. The number of rotatable bonds is 5. The van der Waals surface area contributed by atoms with E-state index in [0.717, 1.165) is 11.1 Å². The van der Waals surface area contributed by atoms with Crippen LogP contribution < -0.4 is 5.32 Å². The number of likely N-dealkylation sites (N-methyl/N-ethyl adjacent to an activating group) is 1. The summed E-state index contributed by atoms with van der Waals surface area (Å²) < 4.78 is 7.03. The molecule has 12 heteroatoms. The number of likely N-dealkylation sites (tertiary alicyclic amines) is 1. The number of hydrogen-bond acceptors (Lipinski definition) is 10. The Hall–Kier alpha value is -4.71. The fraction of sp³-hybridized carbons (Fsp3) is 0.208. The van der Waals surface area contributed by atoms with E-state index >= 15 is 0 Å². The first-order valence-electron chi connectivity index (χ1n) is 11.2. The van der Waals surface area contributed by atoms with E-state index in [1.807, 2.05) is 24.3 Å². The number of aryl methyl sites for hydroxylation is 1. The molecule has 4 aromatic heterocycles. The molecule has 1 atom stereocenters. The number of benzene rings is 1. The third-order valence-corrected chi connectivity index (χ3v) is 6.23. The summed E-state index contributed by atoms with van der Waals surface area (Å²) in [7, 11) is 3.44. The second-order valence-electron chi connectivity index (χ2n) is 8.59. The first-order chi connectivity index (χ1) is 17.4. The van der Waals surface area contributed by atoms with Gasteiger partial charge in [-0.1, -0.05) is 23.4 Å². The van der Waals surface area contributed by atoms with Gasteiger partial charge in [-0.15, -0.1) is 0 Å². The zero-order valence-electron chi connectivity index (χ0n) is 19.5. The fourth-order valence-corrected chi connectivity index (χ4v) is 4.28. The lowest BCUT2D eigenvalue weighted by atomic mass is 9.98. The van der Waals surface area contributed by atoms with Crippen molar-refractivity contribution < 1.29 is 14.4 Å². The maximum atomic E-state index is 12.4. The average molecular weight is 483 g/mol. The van der Waals surface area contributed by atoms with Crippen LogP contribution in [0.3, 0.4) is 0 Å². The van der Waals surface area contributed by atoms with Gasteiger partial charge in [-0.25, -0.2) is 24.6 Å². The van der Waals surface area contributed by atoms with Crippen LogP contribution in [-0.2, 0) is 17.4 Å². The zero-order valence-corrected chi connectivity index (χ0v) is 19.5. The smallest absolute Gasteiger partial charge is 0.262 e. The molecule has 1 amide bonds. The lowest BCUT2D eigenvalue weighted by Crippen LogP contribution is -2.35. The van der Waals surface area contributed by atoms with Gasteiger partial charge in [-0.2, -0.15) is 5.10 Å². The minimum absolute atomic E-state index is 0.136. The number of nitrogens with zero attached hydrogens (tertiary/aromatic N) is 8. The van der Waals surface area contributed by atoms with Gasteiger partial charge in [-0.05, 0) is 12.1 Å². The highest BCUT2D eigenvalue weighted by atomic mass is 16.5. The zero-order chi connectivity index (χ0) is 24.9. The lowest BCUT2D eigenvalue weighted by Gasteiger charge is -2.16. The molecule has 36 heavy (non-hydrogen) atoms. The number of nitrogens with one attached hydrogen (secondary N) is 1. The molecular formula is C24H21N9O3. The van der Waals surface area contributed by atoms with E-state index in [4.69, 9.17) is 4.52 Å². The highest BCUT2D eigenvalue weighted by Gasteiger charge is 2.48. The summed E-state index contributed by atoms with van der Waals surface area (Å²) in [4.78, 5) is 31.5. The summed E-state index contributed by atoms with van der Waals surface area (Å²) in [5.74, 6) is 0.605. The molecule has 180 valence electrons. The number of amides is 1. The number of fused-ring (bicyclic) bond motifs is 1. The molecule has 0 aliphatic carbocycles. The maximum absolute atomic E-state index is 12.4. The molecule has 6 rings (SSSR count). The number of carbonyl (C=O) groups is 1. The van der Waals surface area contributed by atoms with Crippen molar-refractivity contribution in [3.8, 4) is 22.5 Å². The highest BCUT2D eigenvalue weighted by molar-refractivity contribution is 5.88. The van der Waals surface area contributed by atoms with Crippen molar-refractivity contribution in [2.75, 3.05) is 18.9 Å². The van der Waals surface area contributed by atoms with Crippen molar-refractivity contribution in [1.29, 1.82) is 0 Å². The average Bonchev–Trinajstić information content (AvgIpc) is 3.59. The van der Waals surface area contributed by atoms with Gasteiger partial charge in [0.05, 0.1) is 5.69 Å². The Bertz CT molecular complexity index is 1610. The Labute approximate surface area is 204 Å². The summed E-state index contributed by atoms with van der Waals surface area (Å²) >= 11 is 0. The Balaban J connectivity index is 1.29. The Morgan fingerprint density at radius 3 is 2.64 bits per heavy atom. The van der Waals surface area contributed by atoms with Crippen LogP contribution in [0.5, 0.6) is 0 Å². The van der Waals surface area contributed by atoms with Crippen LogP contribution in [0, 0.1) is 0 Å². The molecule has 1 unspecified atom stereocenters. The predicted octanol–water partition coefficient (Wildman–Crippen LogP) is 2.27. The van der Waals surface area contributed by atoms with Gasteiger partial charge in [-0.3, -0.25) is 4.79 Å². The maximum Gasteiger partial charge on any atom is 0.262 e. The number of aliphatic hydroxyl groups is 1. The van der Waals surface area contributed by atoms with Gasteiger partial charge in [0.2, 0.25) is 11.5 Å². The Morgan fingerprint density at radius 1 is 1.03 bits per heavy atom. The topological polar surface area (TPSA) is 148 Å². The minimum atomic E-state index is -1.69. The van der Waals surface area contributed by atoms with Gasteiger partial charge < -0.3 is 19.8 Å². The van der Waals surface area contributed by atoms with Gasteiger partial charge in [0, 0.05) is 62.8 Å². The van der Waals surface area contributed by atoms with Gasteiger partial charge in [0.15, 0.2) is 22.7 Å². The quantitative estimate of drug-likeness (QED) is 0.381. The Morgan fingerprint density at radius 2 is 1.83 bits per heavy atom. The van der Waals surface area contributed by atoms with Crippen LogP contribution in [0.4, 0.5) is 11.8 Å². The molecule has 2 N–H and O–H groups in total. The van der Waals surface area contributed by atoms with E-state index < -0.39 is 11.5 Å². The second-order valence-corrected chi connectivity index (χ2v) is 8.59. The van der Waals surface area contributed by atoms with Crippen molar-refractivity contribution in [1.82, 2.24) is 39.8 Å². The van der Waals surface area contributed by atoms with E-state index in [1.54, 1.807) is 49.5 Å². The van der Waals surface area contributed by atoms with E-state index in [1.165, 1.54) is 4.90 Å². The van der Waals surface area contributed by atoms with Crippen LogP contribution in [-0.4, -0.2) is 64.4 Å². The normalized spacial score (nSPS) is 17.8. The molecule has 0 saturated carbocycles. The van der Waals surface area contributed by atoms with Crippen molar-refractivity contribution in [2.24, 2.45) is 7.05 Å². The van der Waals surface area contributed by atoms with Crippen LogP contribution in [0.2, 0.25) is 0 Å². The molecule has 5 aromatic rings. The molecule has 12 nitrogen and oxygen atoms in total. The third kappa shape index (κ3) is 3.55. The van der Waals surface area contributed by atoms with Crippen molar-refractivity contribution >= 4 is 28.8 Å². The van der Waals surface area contributed by atoms with Crippen LogP contribution >= 0.6 is 0 Å². The molecule has 1 fully saturated rings. The first-order valence-corrected chi connectivity index (χ1v) is 11.2. The van der Waals surface area contributed by atoms with Crippen molar-refractivity contribution in [2.45, 2.75) is 12.0 Å². The highest BCUT2D eigenvalue weighted by Crippen LogP contribution is 2.35. The van der Waals surface area contributed by atoms with Gasteiger partial charge >= 0.3 is 0 Å². The van der Waals surface area contributed by atoms with E-state index in [2.05, 4.69) is 35.5 Å². The largest absolute Gasteiger partial charge is 0.373 e. The number of carbonyl (C=O) groups excluding carboxylic acids is 1. The van der Waals surface area contributed by atoms with Crippen LogP contribution in [0.15, 0.2) is 59.5 Å². The van der Waals surface area contributed by atoms with Gasteiger partial charge in [0.1, 0.15) is 5.69 Å². The van der Waals surface area contributed by atoms with Crippen LogP contribution in [0.1, 0.15) is 12.2 Å². The number of hydrogen-bond donors (Lipinski definition) is 2. The number of anilines is 2. The first kappa shape index (κ1) is 21.8. The third-order valence-electron chi connectivity index (χ3n) is 6.23. The molecule has 0 radical (unpaired) electrons. The van der Waals surface area contributed by atoms with Gasteiger partial charge in [0.25, 0.3) is 5.91 Å². The summed E-state index contributed by atoms with van der Waals surface area (Å²) in [5.41, 5.74) is 2.33.